The van der Waals surface area contributed by atoms with E-state index < -0.39 is 0 Å². The van der Waals surface area contributed by atoms with Crippen molar-refractivity contribution in [2.75, 3.05) is 20.3 Å². The molecule has 0 saturated heterocycles. The van der Waals surface area contributed by atoms with Crippen molar-refractivity contribution in [3.63, 3.8) is 0 Å². The molecule has 0 N–H and O–H groups in total. The summed E-state index contributed by atoms with van der Waals surface area (Å²) < 4.78 is 16.2. The molecular weight excluding hydrogens is 292 g/mol. The van der Waals surface area contributed by atoms with Crippen LogP contribution in [0.4, 0.5) is 0 Å². The van der Waals surface area contributed by atoms with Gasteiger partial charge in [0, 0.05) is 7.11 Å². The Balaban J connectivity index is 2.48. The normalized spacial score (nSPS) is 13.2. The Morgan fingerprint density at radius 3 is 2.17 bits per heavy atom. The van der Waals surface area contributed by atoms with Crippen LogP contribution in [-0.2, 0) is 20.6 Å². The lowest BCUT2D eigenvalue weighted by Gasteiger charge is -2.19. The molecule has 0 radical (unpaired) electrons. The highest BCUT2D eigenvalue weighted by molar-refractivity contribution is 5.89. The number of carbonyl (C=O) groups excluding carboxylic acids is 1. The van der Waals surface area contributed by atoms with Crippen LogP contribution in [0, 0.1) is 5.92 Å². The smallest absolute Gasteiger partial charge is 0.338 e. The van der Waals surface area contributed by atoms with Gasteiger partial charge in [0.05, 0.1) is 23.9 Å². The summed E-state index contributed by atoms with van der Waals surface area (Å²) in [6, 6.07) is 7.51. The molecule has 0 spiro atoms. The lowest BCUT2D eigenvalue weighted by atomic mass is 9.98. The van der Waals surface area contributed by atoms with Crippen LogP contribution < -0.4 is 0 Å². The van der Waals surface area contributed by atoms with Crippen LogP contribution in [0.15, 0.2) is 24.3 Å². The zero-order valence-electron chi connectivity index (χ0n) is 15.2. The van der Waals surface area contributed by atoms with E-state index in [1.54, 1.807) is 19.2 Å². The molecule has 0 fully saturated rings. The quantitative estimate of drug-likeness (QED) is 0.538. The maximum absolute atomic E-state index is 12.0. The van der Waals surface area contributed by atoms with Gasteiger partial charge in [-0.25, -0.2) is 4.79 Å². The molecule has 130 valence electrons. The van der Waals surface area contributed by atoms with Gasteiger partial charge in [-0.3, -0.25) is 0 Å². The summed E-state index contributed by atoms with van der Waals surface area (Å²) in [5.74, 6) is 0.133. The molecule has 0 bridgehead atoms. The molecule has 23 heavy (non-hydrogen) atoms. The molecule has 1 rings (SSSR count). The van der Waals surface area contributed by atoms with Crippen molar-refractivity contribution >= 4 is 5.97 Å². The van der Waals surface area contributed by atoms with Crippen LogP contribution >= 0.6 is 0 Å². The predicted molar refractivity (Wildman–Crippen MR) is 91.8 cm³/mol. The van der Waals surface area contributed by atoms with Crippen molar-refractivity contribution in [1.29, 1.82) is 0 Å². The zero-order valence-corrected chi connectivity index (χ0v) is 15.2. The Hall–Kier alpha value is -1.39. The average Bonchev–Trinajstić information content (AvgIpc) is 2.48. The van der Waals surface area contributed by atoms with Gasteiger partial charge in [-0.15, -0.1) is 0 Å². The van der Waals surface area contributed by atoms with E-state index in [0.29, 0.717) is 18.1 Å². The van der Waals surface area contributed by atoms with Gasteiger partial charge in [0.15, 0.2) is 0 Å². The molecule has 1 unspecified atom stereocenters. The van der Waals surface area contributed by atoms with Gasteiger partial charge < -0.3 is 14.2 Å². The van der Waals surface area contributed by atoms with E-state index in [2.05, 4.69) is 13.8 Å². The van der Waals surface area contributed by atoms with Gasteiger partial charge in [-0.1, -0.05) is 26.0 Å². The van der Waals surface area contributed by atoms with Crippen LogP contribution in [-0.4, -0.2) is 38.0 Å². The minimum absolute atomic E-state index is 0.183. The van der Waals surface area contributed by atoms with Crippen molar-refractivity contribution in [3.8, 4) is 0 Å². The van der Waals surface area contributed by atoms with Crippen molar-refractivity contribution in [1.82, 2.24) is 0 Å². The first-order valence-corrected chi connectivity index (χ1v) is 8.15. The first-order chi connectivity index (χ1) is 10.7. The van der Waals surface area contributed by atoms with Crippen molar-refractivity contribution < 1.29 is 19.0 Å². The van der Waals surface area contributed by atoms with Gasteiger partial charge in [0.25, 0.3) is 0 Å². The summed E-state index contributed by atoms with van der Waals surface area (Å²) in [6.45, 7) is 10.8. The highest BCUT2D eigenvalue weighted by atomic mass is 16.6. The fourth-order valence-corrected chi connectivity index (χ4v) is 2.17. The van der Waals surface area contributed by atoms with Crippen LogP contribution in [0.3, 0.4) is 0 Å². The molecule has 0 aromatic heterocycles. The molecule has 1 atom stereocenters. The van der Waals surface area contributed by atoms with Gasteiger partial charge in [-0.2, -0.15) is 0 Å². The summed E-state index contributed by atoms with van der Waals surface area (Å²) in [5.41, 5.74) is 1.49. The molecule has 0 aliphatic carbocycles. The first kappa shape index (κ1) is 19.7. The Morgan fingerprint density at radius 2 is 1.70 bits per heavy atom. The van der Waals surface area contributed by atoms with E-state index >= 15 is 0 Å². The number of ether oxygens (including phenoxy) is 3. The third-order valence-electron chi connectivity index (χ3n) is 3.52. The zero-order chi connectivity index (χ0) is 17.5. The Bertz CT molecular complexity index is 471. The van der Waals surface area contributed by atoms with E-state index in [1.807, 2.05) is 32.9 Å². The van der Waals surface area contributed by atoms with E-state index in [0.717, 1.165) is 12.0 Å². The molecule has 0 aliphatic heterocycles. The molecule has 0 saturated carbocycles. The number of esters is 1. The first-order valence-electron chi connectivity index (χ1n) is 8.15. The minimum Gasteiger partial charge on any atom is -0.460 e. The van der Waals surface area contributed by atoms with Gasteiger partial charge >= 0.3 is 5.97 Å². The molecule has 1 aromatic carbocycles. The summed E-state index contributed by atoms with van der Waals surface area (Å²) in [5, 5.41) is 0. The Kier molecular flexibility index (Phi) is 7.73. The standard InChI is InChI=1S/C19H30O4/c1-14(2)17(21-6)13-15-7-9-16(10-8-15)18(20)22-11-12-23-19(3,4)5/h7-10,14,17H,11-13H2,1-6H3. The van der Waals surface area contributed by atoms with Crippen molar-refractivity contribution in [3.05, 3.63) is 35.4 Å². The third-order valence-corrected chi connectivity index (χ3v) is 3.52. The number of hydrogen-bond donors (Lipinski definition) is 0. The average molecular weight is 322 g/mol. The van der Waals surface area contributed by atoms with Crippen LogP contribution in [0.25, 0.3) is 0 Å². The fraction of sp³-hybridized carbons (Fsp3) is 0.632. The Morgan fingerprint density at radius 1 is 1.09 bits per heavy atom. The van der Waals surface area contributed by atoms with E-state index in [4.69, 9.17) is 14.2 Å². The van der Waals surface area contributed by atoms with E-state index in [-0.39, 0.29) is 24.3 Å². The number of methoxy groups -OCH3 is 1. The van der Waals surface area contributed by atoms with Crippen LogP contribution in [0.2, 0.25) is 0 Å². The van der Waals surface area contributed by atoms with E-state index in [9.17, 15) is 4.79 Å². The monoisotopic (exact) mass is 322 g/mol. The summed E-state index contributed by atoms with van der Waals surface area (Å²) in [6.07, 6.45) is 1.02. The highest BCUT2D eigenvalue weighted by Gasteiger charge is 2.14. The number of benzene rings is 1. The largest absolute Gasteiger partial charge is 0.460 e. The predicted octanol–water partition coefficient (Wildman–Crippen LogP) is 3.87. The second-order valence-electron chi connectivity index (χ2n) is 7.02. The highest BCUT2D eigenvalue weighted by Crippen LogP contribution is 2.14. The summed E-state index contributed by atoms with van der Waals surface area (Å²) in [4.78, 5) is 12.0. The molecular formula is C19H30O4. The molecule has 4 nitrogen and oxygen atoms in total. The number of hydrogen-bond acceptors (Lipinski definition) is 4. The maximum atomic E-state index is 12.0. The van der Waals surface area contributed by atoms with Crippen molar-refractivity contribution in [2.45, 2.75) is 52.7 Å². The molecule has 0 amide bonds. The number of carbonyl (C=O) groups is 1. The summed E-state index contributed by atoms with van der Waals surface area (Å²) in [7, 11) is 1.73. The maximum Gasteiger partial charge on any atom is 0.338 e. The topological polar surface area (TPSA) is 44.8 Å². The second kappa shape index (κ2) is 9.04. The Labute approximate surface area is 140 Å². The minimum atomic E-state index is -0.318. The molecule has 1 aromatic rings. The number of rotatable bonds is 8. The van der Waals surface area contributed by atoms with Crippen molar-refractivity contribution in [2.24, 2.45) is 5.92 Å². The molecule has 0 aliphatic rings. The van der Waals surface area contributed by atoms with E-state index in [1.165, 1.54) is 0 Å². The second-order valence-corrected chi connectivity index (χ2v) is 7.02. The summed E-state index contributed by atoms with van der Waals surface area (Å²) >= 11 is 0. The van der Waals surface area contributed by atoms with Crippen LogP contribution in [0.5, 0.6) is 0 Å². The fourth-order valence-electron chi connectivity index (χ4n) is 2.17. The van der Waals surface area contributed by atoms with Gasteiger partial charge in [-0.05, 0) is 50.8 Å². The lowest BCUT2D eigenvalue weighted by molar-refractivity contribution is -0.0281. The third kappa shape index (κ3) is 7.62. The molecule has 4 heteroatoms. The van der Waals surface area contributed by atoms with Crippen LogP contribution in [0.1, 0.15) is 50.5 Å². The molecule has 0 heterocycles. The lowest BCUT2D eigenvalue weighted by Crippen LogP contribution is -2.22. The van der Waals surface area contributed by atoms with Gasteiger partial charge in [0.2, 0.25) is 0 Å². The van der Waals surface area contributed by atoms with Gasteiger partial charge in [0.1, 0.15) is 6.61 Å². The SMILES string of the molecule is COC(Cc1ccc(C(=O)OCCOC(C)(C)C)cc1)C(C)C.